The van der Waals surface area contributed by atoms with Gasteiger partial charge in [-0.15, -0.1) is 0 Å². The molecular weight excluding hydrogens is 571 g/mol. The van der Waals surface area contributed by atoms with Crippen LogP contribution in [0.15, 0.2) is 84.9 Å². The quantitative estimate of drug-likeness (QED) is 0.236. The van der Waals surface area contributed by atoms with Crippen LogP contribution in [0.3, 0.4) is 0 Å². The third-order valence-electron chi connectivity index (χ3n) is 9.37. The monoisotopic (exact) mass is 596 g/mol. The van der Waals surface area contributed by atoms with E-state index in [0.717, 1.165) is 11.1 Å². The first-order valence-electron chi connectivity index (χ1n) is 13.7. The van der Waals surface area contributed by atoms with Gasteiger partial charge in [-0.2, -0.15) is 0 Å². The van der Waals surface area contributed by atoms with Gasteiger partial charge < -0.3 is 15.7 Å². The van der Waals surface area contributed by atoms with Crippen LogP contribution in [-0.4, -0.2) is 22.7 Å². The first-order chi connectivity index (χ1) is 20.0. The highest BCUT2D eigenvalue weighted by atomic mass is 35.5. The summed E-state index contributed by atoms with van der Waals surface area (Å²) < 4.78 is 0. The number of carbonyl (C=O) groups excluding carboxylic acids is 3. The van der Waals surface area contributed by atoms with Gasteiger partial charge in [-0.1, -0.05) is 82.9 Å². The molecule has 4 atom stereocenters. The van der Waals surface area contributed by atoms with Gasteiger partial charge >= 0.3 is 0 Å². The number of nitrogens with one attached hydrogen (secondary N) is 2. The molecule has 6 nitrogen and oxygen atoms in total. The van der Waals surface area contributed by atoms with Crippen LogP contribution in [0.5, 0.6) is 0 Å². The standard InChI is InChI=1S/C34H26Cl2N2O4/c1-18-3-7-20(8-4-18)28(39)29-32(24-15-22(35)11-13-26(24)37-30(32)40)17-33(42,21-9-5-19(2)6-10-21)34(29)25-16-23(36)12-14-27(25)38-31(34)41/h3-16,29,42H,17H2,1-2H3,(H,37,40)(H,38,41)/t29-,32-,33+,34+/m0/s1. The molecule has 2 aliphatic heterocycles. The molecule has 0 radical (unpaired) electrons. The average Bonchev–Trinajstić information content (AvgIpc) is 3.50. The maximum Gasteiger partial charge on any atom is 0.239 e. The smallest absolute Gasteiger partial charge is 0.239 e. The molecule has 0 aromatic heterocycles. The summed E-state index contributed by atoms with van der Waals surface area (Å²) in [5.41, 5.74) is -1.19. The van der Waals surface area contributed by atoms with Crippen molar-refractivity contribution in [1.82, 2.24) is 0 Å². The maximum absolute atomic E-state index is 15.0. The molecule has 0 unspecified atom stereocenters. The van der Waals surface area contributed by atoms with Crippen molar-refractivity contribution in [2.75, 3.05) is 10.6 Å². The van der Waals surface area contributed by atoms with E-state index in [1.807, 2.05) is 38.1 Å². The van der Waals surface area contributed by atoms with Crippen molar-refractivity contribution >= 4 is 52.2 Å². The Kier molecular flexibility index (Phi) is 5.77. The van der Waals surface area contributed by atoms with Crippen molar-refractivity contribution in [1.29, 1.82) is 0 Å². The second kappa shape index (κ2) is 9.01. The lowest BCUT2D eigenvalue weighted by molar-refractivity contribution is -0.132. The van der Waals surface area contributed by atoms with E-state index in [1.54, 1.807) is 60.7 Å². The Bertz CT molecular complexity index is 1840. The lowest BCUT2D eigenvalue weighted by Crippen LogP contribution is -2.57. The summed E-state index contributed by atoms with van der Waals surface area (Å²) in [5, 5.41) is 19.8. The molecule has 8 heteroatoms. The predicted octanol–water partition coefficient (Wildman–Crippen LogP) is 6.48. The van der Waals surface area contributed by atoms with E-state index in [1.165, 1.54) is 0 Å². The number of aliphatic hydroxyl groups is 1. The number of hydrogen-bond donors (Lipinski definition) is 3. The molecule has 4 aromatic rings. The van der Waals surface area contributed by atoms with Crippen LogP contribution in [0.1, 0.15) is 44.6 Å². The third kappa shape index (κ3) is 3.34. The summed E-state index contributed by atoms with van der Waals surface area (Å²) >= 11 is 13.0. The SMILES string of the molecule is Cc1ccc(C(=O)[C@H]2[C@@]3(C[C@@](O)(c4ccc(C)cc4)[C@@]24C(=O)Nc2ccc(Cl)cc24)C(=O)Nc2ccc(Cl)cc23)cc1. The Morgan fingerprint density at radius 2 is 1.29 bits per heavy atom. The molecule has 1 saturated carbocycles. The summed E-state index contributed by atoms with van der Waals surface area (Å²) in [5.74, 6) is -2.85. The van der Waals surface area contributed by atoms with E-state index in [0.29, 0.717) is 43.7 Å². The van der Waals surface area contributed by atoms with E-state index in [9.17, 15) is 19.5 Å². The first-order valence-corrected chi connectivity index (χ1v) is 14.4. The summed E-state index contributed by atoms with van der Waals surface area (Å²) in [4.78, 5) is 44.0. The molecule has 210 valence electrons. The minimum Gasteiger partial charge on any atom is -0.384 e. The van der Waals surface area contributed by atoms with Gasteiger partial charge in [-0.05, 0) is 66.9 Å². The van der Waals surface area contributed by atoms with Crippen molar-refractivity contribution < 1.29 is 19.5 Å². The summed E-state index contributed by atoms with van der Waals surface area (Å²) in [6.07, 6.45) is -0.246. The zero-order valence-corrected chi connectivity index (χ0v) is 24.3. The molecule has 3 N–H and O–H groups in total. The lowest BCUT2D eigenvalue weighted by Gasteiger charge is -2.42. The molecular formula is C34H26Cl2N2O4. The molecule has 0 bridgehead atoms. The molecule has 2 heterocycles. The van der Waals surface area contributed by atoms with Gasteiger partial charge in [0.05, 0.1) is 11.3 Å². The molecule has 4 aromatic carbocycles. The molecule has 0 saturated heterocycles. The summed E-state index contributed by atoms with van der Waals surface area (Å²) in [6.45, 7) is 3.83. The topological polar surface area (TPSA) is 95.5 Å². The number of anilines is 2. The van der Waals surface area contributed by atoms with Gasteiger partial charge in [-0.3, -0.25) is 14.4 Å². The van der Waals surface area contributed by atoms with Crippen molar-refractivity contribution in [3.63, 3.8) is 0 Å². The Labute approximate surface area is 252 Å². The fraction of sp³-hybridized carbons (Fsp3) is 0.206. The van der Waals surface area contributed by atoms with Crippen LogP contribution in [-0.2, 0) is 26.0 Å². The summed E-state index contributed by atoms with van der Waals surface area (Å²) in [6, 6.07) is 24.1. The second-order valence-electron chi connectivity index (χ2n) is 11.6. The Morgan fingerprint density at radius 3 is 1.90 bits per heavy atom. The number of hydrogen-bond acceptors (Lipinski definition) is 4. The molecule has 7 rings (SSSR count). The van der Waals surface area contributed by atoms with Crippen molar-refractivity contribution in [3.05, 3.63) is 128 Å². The Balaban J connectivity index is 1.64. The van der Waals surface area contributed by atoms with E-state index in [-0.39, 0.29) is 6.42 Å². The number of Topliss-reactive ketones (excluding diaryl/α,β-unsaturated/α-hetero) is 1. The van der Waals surface area contributed by atoms with Crippen molar-refractivity contribution in [2.45, 2.75) is 36.7 Å². The van der Waals surface area contributed by atoms with Crippen LogP contribution >= 0.6 is 23.2 Å². The molecule has 42 heavy (non-hydrogen) atoms. The van der Waals surface area contributed by atoms with E-state index >= 15 is 0 Å². The van der Waals surface area contributed by atoms with Gasteiger partial charge in [0, 0.05) is 33.4 Å². The average molecular weight is 597 g/mol. The van der Waals surface area contributed by atoms with E-state index < -0.39 is 39.9 Å². The van der Waals surface area contributed by atoms with Crippen LogP contribution < -0.4 is 10.6 Å². The van der Waals surface area contributed by atoms with E-state index in [2.05, 4.69) is 10.6 Å². The van der Waals surface area contributed by atoms with E-state index in [4.69, 9.17) is 23.2 Å². The normalized spacial score (nSPS) is 27.2. The highest BCUT2D eigenvalue weighted by molar-refractivity contribution is 6.31. The zero-order valence-electron chi connectivity index (χ0n) is 22.8. The molecule has 2 amide bonds. The number of aryl methyl sites for hydroxylation is 2. The van der Waals surface area contributed by atoms with Gasteiger partial charge in [-0.25, -0.2) is 0 Å². The third-order valence-corrected chi connectivity index (χ3v) is 9.84. The minimum atomic E-state index is -2.01. The molecule has 2 spiro atoms. The number of fused-ring (bicyclic) bond motifs is 4. The highest BCUT2D eigenvalue weighted by Crippen LogP contribution is 2.70. The number of halogens is 2. The fourth-order valence-electron chi connectivity index (χ4n) is 7.52. The molecule has 3 aliphatic rings. The number of rotatable bonds is 3. The van der Waals surface area contributed by atoms with Gasteiger partial charge in [0.1, 0.15) is 11.0 Å². The number of benzene rings is 4. The van der Waals surface area contributed by atoms with Crippen LogP contribution in [0, 0.1) is 19.8 Å². The van der Waals surface area contributed by atoms with Gasteiger partial charge in [0.15, 0.2) is 5.78 Å². The molecule has 1 fully saturated rings. The Morgan fingerprint density at radius 1 is 0.762 bits per heavy atom. The number of ketones is 1. The second-order valence-corrected chi connectivity index (χ2v) is 12.5. The van der Waals surface area contributed by atoms with Crippen molar-refractivity contribution in [3.8, 4) is 0 Å². The minimum absolute atomic E-state index is 0.246. The fourth-order valence-corrected chi connectivity index (χ4v) is 7.87. The highest BCUT2D eigenvalue weighted by Gasteiger charge is 2.80. The summed E-state index contributed by atoms with van der Waals surface area (Å²) in [7, 11) is 0. The number of amides is 2. The van der Waals surface area contributed by atoms with Gasteiger partial charge in [0.2, 0.25) is 11.8 Å². The molecule has 1 aliphatic carbocycles. The lowest BCUT2D eigenvalue weighted by atomic mass is 9.58. The number of carbonyl (C=O) groups is 3. The zero-order chi connectivity index (χ0) is 29.6. The Hall–Kier alpha value is -3.97. The predicted molar refractivity (Wildman–Crippen MR) is 162 cm³/mol. The van der Waals surface area contributed by atoms with Crippen LogP contribution in [0.2, 0.25) is 10.0 Å². The van der Waals surface area contributed by atoms with Crippen LogP contribution in [0.4, 0.5) is 11.4 Å². The van der Waals surface area contributed by atoms with Crippen molar-refractivity contribution in [2.24, 2.45) is 5.92 Å². The first kappa shape index (κ1) is 26.9. The van der Waals surface area contributed by atoms with Gasteiger partial charge in [0.25, 0.3) is 0 Å². The van der Waals surface area contributed by atoms with Crippen LogP contribution in [0.25, 0.3) is 0 Å². The largest absolute Gasteiger partial charge is 0.384 e. The maximum atomic E-state index is 15.0.